The summed E-state index contributed by atoms with van der Waals surface area (Å²) in [5.74, 6) is 0.863. The molecule has 0 unspecified atom stereocenters. The van der Waals surface area contributed by atoms with Crippen molar-refractivity contribution >= 4 is 16.9 Å². The van der Waals surface area contributed by atoms with E-state index in [9.17, 15) is 0 Å². The Morgan fingerprint density at radius 3 is 2.61 bits per heavy atom. The first-order chi connectivity index (χ1) is 8.79. The van der Waals surface area contributed by atoms with Gasteiger partial charge in [-0.3, -0.25) is 0 Å². The normalized spacial score (nSPS) is 10.3. The lowest BCUT2D eigenvalue weighted by molar-refractivity contribution is 0.154. The van der Waals surface area contributed by atoms with E-state index in [0.717, 1.165) is 16.9 Å². The van der Waals surface area contributed by atoms with Gasteiger partial charge in [-0.25, -0.2) is 0 Å². The van der Waals surface area contributed by atoms with Crippen LogP contribution in [0.25, 0.3) is 5.57 Å². The molecule has 0 saturated carbocycles. The molecule has 0 aliphatic heterocycles. The van der Waals surface area contributed by atoms with E-state index in [1.807, 2.05) is 35.7 Å². The third kappa shape index (κ3) is 3.45. The first-order valence-electron chi connectivity index (χ1n) is 5.72. The number of ether oxygens (including phenoxy) is 2. The van der Waals surface area contributed by atoms with Crippen LogP contribution in [0.2, 0.25) is 0 Å². The van der Waals surface area contributed by atoms with Crippen molar-refractivity contribution in [2.24, 2.45) is 0 Å². The standard InChI is InChI=1S/C15H16O2S/c1-12(15-4-3-9-18-15)10-17-11-13-5-7-14(16-2)8-6-13/h3-9H,1,10-11H2,2H3. The fraction of sp³-hybridized carbons (Fsp3) is 0.200. The minimum absolute atomic E-state index is 0.562. The second-order valence-electron chi connectivity index (χ2n) is 3.92. The summed E-state index contributed by atoms with van der Waals surface area (Å²) < 4.78 is 10.8. The van der Waals surface area contributed by atoms with Gasteiger partial charge in [0, 0.05) is 4.88 Å². The zero-order valence-electron chi connectivity index (χ0n) is 10.4. The summed E-state index contributed by atoms with van der Waals surface area (Å²) in [7, 11) is 1.66. The maximum atomic E-state index is 5.65. The molecule has 2 rings (SSSR count). The maximum absolute atomic E-state index is 5.65. The van der Waals surface area contributed by atoms with Gasteiger partial charge in [0.2, 0.25) is 0 Å². The lowest BCUT2D eigenvalue weighted by Crippen LogP contribution is -1.96. The number of rotatable bonds is 6. The van der Waals surface area contributed by atoms with E-state index in [0.29, 0.717) is 13.2 Å². The summed E-state index contributed by atoms with van der Waals surface area (Å²) in [5, 5.41) is 2.05. The number of hydrogen-bond acceptors (Lipinski definition) is 3. The van der Waals surface area contributed by atoms with Crippen LogP contribution in [0.5, 0.6) is 5.75 Å². The molecule has 1 aromatic carbocycles. The molecular formula is C15H16O2S. The highest BCUT2D eigenvalue weighted by Gasteiger charge is 2.00. The van der Waals surface area contributed by atoms with Gasteiger partial charge in [0.25, 0.3) is 0 Å². The van der Waals surface area contributed by atoms with E-state index in [4.69, 9.17) is 9.47 Å². The summed E-state index contributed by atoms with van der Waals surface area (Å²) in [6.45, 7) is 5.17. The van der Waals surface area contributed by atoms with E-state index < -0.39 is 0 Å². The summed E-state index contributed by atoms with van der Waals surface area (Å²) in [6, 6.07) is 12.0. The second kappa shape index (κ2) is 6.38. The first-order valence-corrected chi connectivity index (χ1v) is 6.60. The molecule has 0 saturated heterocycles. The van der Waals surface area contributed by atoms with Crippen molar-refractivity contribution in [3.8, 4) is 5.75 Å². The van der Waals surface area contributed by atoms with Gasteiger partial charge in [0.1, 0.15) is 5.75 Å². The minimum Gasteiger partial charge on any atom is -0.497 e. The molecule has 0 atom stereocenters. The van der Waals surface area contributed by atoms with Crippen molar-refractivity contribution in [3.05, 3.63) is 58.8 Å². The fourth-order valence-electron chi connectivity index (χ4n) is 1.56. The molecule has 0 radical (unpaired) electrons. The van der Waals surface area contributed by atoms with Crippen LogP contribution in [0.3, 0.4) is 0 Å². The Bertz CT molecular complexity index is 486. The van der Waals surface area contributed by atoms with Crippen molar-refractivity contribution in [1.82, 2.24) is 0 Å². The predicted octanol–water partition coefficient (Wildman–Crippen LogP) is 3.99. The summed E-state index contributed by atoms with van der Waals surface area (Å²) in [6.07, 6.45) is 0. The molecule has 2 aromatic rings. The SMILES string of the molecule is C=C(COCc1ccc(OC)cc1)c1cccs1. The molecule has 3 heteroatoms. The zero-order valence-corrected chi connectivity index (χ0v) is 11.2. The molecule has 0 aliphatic carbocycles. The average molecular weight is 260 g/mol. The number of thiophene rings is 1. The van der Waals surface area contributed by atoms with Crippen molar-refractivity contribution in [1.29, 1.82) is 0 Å². The summed E-state index contributed by atoms with van der Waals surface area (Å²) in [5.41, 5.74) is 2.16. The smallest absolute Gasteiger partial charge is 0.118 e. The Balaban J connectivity index is 1.79. The van der Waals surface area contributed by atoms with Gasteiger partial charge in [-0.05, 0) is 34.7 Å². The van der Waals surface area contributed by atoms with Gasteiger partial charge in [-0.15, -0.1) is 11.3 Å². The summed E-state index contributed by atoms with van der Waals surface area (Å²) >= 11 is 1.69. The van der Waals surface area contributed by atoms with E-state index in [-0.39, 0.29) is 0 Å². The molecule has 94 valence electrons. The number of benzene rings is 1. The Labute approximate surface area is 111 Å². The van der Waals surface area contributed by atoms with Crippen molar-refractivity contribution in [2.75, 3.05) is 13.7 Å². The van der Waals surface area contributed by atoms with Crippen molar-refractivity contribution < 1.29 is 9.47 Å². The second-order valence-corrected chi connectivity index (χ2v) is 4.87. The molecule has 0 spiro atoms. The highest BCUT2D eigenvalue weighted by atomic mass is 32.1. The van der Waals surface area contributed by atoms with Gasteiger partial charge in [0.15, 0.2) is 0 Å². The Kier molecular flexibility index (Phi) is 4.56. The lowest BCUT2D eigenvalue weighted by Gasteiger charge is -2.06. The van der Waals surface area contributed by atoms with Gasteiger partial charge in [-0.2, -0.15) is 0 Å². The van der Waals surface area contributed by atoms with E-state index in [2.05, 4.69) is 12.6 Å². The molecule has 1 heterocycles. The Hall–Kier alpha value is -1.58. The van der Waals surface area contributed by atoms with Crippen LogP contribution in [0.4, 0.5) is 0 Å². The molecular weight excluding hydrogens is 244 g/mol. The van der Waals surface area contributed by atoms with Crippen LogP contribution >= 0.6 is 11.3 Å². The molecule has 0 N–H and O–H groups in total. The molecule has 0 amide bonds. The predicted molar refractivity (Wildman–Crippen MR) is 76.0 cm³/mol. The summed E-state index contributed by atoms with van der Waals surface area (Å²) in [4.78, 5) is 1.18. The first kappa shape index (κ1) is 12.9. The third-order valence-electron chi connectivity index (χ3n) is 2.57. The highest BCUT2D eigenvalue weighted by Crippen LogP contribution is 2.19. The van der Waals surface area contributed by atoms with E-state index in [1.54, 1.807) is 18.4 Å². The monoisotopic (exact) mass is 260 g/mol. The van der Waals surface area contributed by atoms with Crippen LogP contribution in [0.15, 0.2) is 48.4 Å². The zero-order chi connectivity index (χ0) is 12.8. The van der Waals surface area contributed by atoms with Gasteiger partial charge in [0.05, 0.1) is 20.3 Å². The van der Waals surface area contributed by atoms with Gasteiger partial charge < -0.3 is 9.47 Å². The van der Waals surface area contributed by atoms with Crippen LogP contribution in [0, 0.1) is 0 Å². The highest BCUT2D eigenvalue weighted by molar-refractivity contribution is 7.11. The molecule has 0 aliphatic rings. The fourth-order valence-corrected chi connectivity index (χ4v) is 2.25. The number of methoxy groups -OCH3 is 1. The third-order valence-corrected chi connectivity index (χ3v) is 3.55. The minimum atomic E-state index is 0.562. The Morgan fingerprint density at radius 2 is 2.00 bits per heavy atom. The van der Waals surface area contributed by atoms with Crippen molar-refractivity contribution in [2.45, 2.75) is 6.61 Å². The lowest BCUT2D eigenvalue weighted by atomic mass is 10.2. The van der Waals surface area contributed by atoms with Crippen LogP contribution in [-0.2, 0) is 11.3 Å². The average Bonchev–Trinajstić information content (AvgIpc) is 2.93. The van der Waals surface area contributed by atoms with Crippen LogP contribution in [0.1, 0.15) is 10.4 Å². The van der Waals surface area contributed by atoms with E-state index in [1.165, 1.54) is 4.88 Å². The van der Waals surface area contributed by atoms with E-state index >= 15 is 0 Å². The van der Waals surface area contributed by atoms with Crippen molar-refractivity contribution in [3.63, 3.8) is 0 Å². The largest absolute Gasteiger partial charge is 0.497 e. The maximum Gasteiger partial charge on any atom is 0.118 e. The Morgan fingerprint density at radius 1 is 1.22 bits per heavy atom. The van der Waals surface area contributed by atoms with Gasteiger partial charge >= 0.3 is 0 Å². The number of hydrogen-bond donors (Lipinski definition) is 0. The quantitative estimate of drug-likeness (QED) is 0.782. The molecule has 1 aromatic heterocycles. The molecule has 2 nitrogen and oxygen atoms in total. The van der Waals surface area contributed by atoms with Gasteiger partial charge in [-0.1, -0.05) is 24.8 Å². The van der Waals surface area contributed by atoms with Crippen LogP contribution in [-0.4, -0.2) is 13.7 Å². The molecule has 0 fully saturated rings. The van der Waals surface area contributed by atoms with Crippen LogP contribution < -0.4 is 4.74 Å². The molecule has 18 heavy (non-hydrogen) atoms. The molecule has 0 bridgehead atoms. The topological polar surface area (TPSA) is 18.5 Å².